The number of benzene rings is 2. The molecule has 0 bridgehead atoms. The summed E-state index contributed by atoms with van der Waals surface area (Å²) in [7, 11) is -2.25. The van der Waals surface area contributed by atoms with Crippen molar-refractivity contribution in [1.29, 1.82) is 0 Å². The summed E-state index contributed by atoms with van der Waals surface area (Å²) in [5.41, 5.74) is 2.32. The van der Waals surface area contributed by atoms with Gasteiger partial charge in [0.15, 0.2) is 6.61 Å². The van der Waals surface area contributed by atoms with Gasteiger partial charge in [0.05, 0.1) is 4.90 Å². The first kappa shape index (κ1) is 21.6. The summed E-state index contributed by atoms with van der Waals surface area (Å²) in [6, 6.07) is 14.4. The highest BCUT2D eigenvalue weighted by Gasteiger charge is 2.19. The van der Waals surface area contributed by atoms with Crippen LogP contribution in [0, 0.1) is 13.8 Å². The lowest BCUT2D eigenvalue weighted by molar-refractivity contribution is -0.150. The molecular formula is C20H24N2O5S. The summed E-state index contributed by atoms with van der Waals surface area (Å²) in [4.78, 5) is 25.4. The maximum atomic E-state index is 12.4. The second kappa shape index (κ2) is 9.48. The maximum Gasteiger partial charge on any atom is 0.321 e. The Bertz CT molecular complexity index is 942. The van der Waals surface area contributed by atoms with E-state index in [1.165, 1.54) is 11.0 Å². The Morgan fingerprint density at radius 1 is 1.07 bits per heavy atom. The minimum Gasteiger partial charge on any atom is -0.455 e. The van der Waals surface area contributed by atoms with Crippen molar-refractivity contribution in [2.24, 2.45) is 0 Å². The number of hydrogen-bond acceptors (Lipinski definition) is 5. The molecule has 7 nitrogen and oxygen atoms in total. The molecule has 2 aromatic carbocycles. The largest absolute Gasteiger partial charge is 0.455 e. The fraction of sp³-hybridized carbons (Fsp3) is 0.300. The van der Waals surface area contributed by atoms with Gasteiger partial charge in [-0.25, -0.2) is 8.42 Å². The molecule has 0 atom stereocenters. The summed E-state index contributed by atoms with van der Waals surface area (Å²) >= 11 is 0. The molecule has 28 heavy (non-hydrogen) atoms. The minimum atomic E-state index is -3.85. The Balaban J connectivity index is 1.83. The Morgan fingerprint density at radius 2 is 1.75 bits per heavy atom. The summed E-state index contributed by atoms with van der Waals surface area (Å²) in [5.74, 6) is -1.20. The van der Waals surface area contributed by atoms with E-state index in [4.69, 9.17) is 4.74 Å². The van der Waals surface area contributed by atoms with Gasteiger partial charge in [0.25, 0.3) is 5.91 Å². The molecule has 150 valence electrons. The van der Waals surface area contributed by atoms with Crippen molar-refractivity contribution in [1.82, 2.24) is 9.62 Å². The minimum absolute atomic E-state index is 0.110. The third-order valence-corrected chi connectivity index (χ3v) is 5.63. The van der Waals surface area contributed by atoms with E-state index in [2.05, 4.69) is 4.72 Å². The number of amides is 1. The monoisotopic (exact) mass is 404 g/mol. The molecule has 0 spiro atoms. The van der Waals surface area contributed by atoms with Crippen LogP contribution in [0.15, 0.2) is 53.4 Å². The molecule has 0 saturated heterocycles. The second-order valence-electron chi connectivity index (χ2n) is 6.49. The zero-order valence-electron chi connectivity index (χ0n) is 16.1. The first-order valence-corrected chi connectivity index (χ1v) is 10.2. The smallest absolute Gasteiger partial charge is 0.321 e. The van der Waals surface area contributed by atoms with Crippen LogP contribution in [0.2, 0.25) is 0 Å². The first-order chi connectivity index (χ1) is 13.2. The normalized spacial score (nSPS) is 11.1. The molecule has 0 heterocycles. The number of likely N-dealkylation sites (N-methyl/N-ethyl adjacent to an activating group) is 1. The Labute approximate surface area is 165 Å². The molecule has 0 aromatic heterocycles. The number of sulfonamides is 1. The zero-order valence-corrected chi connectivity index (χ0v) is 17.0. The van der Waals surface area contributed by atoms with Gasteiger partial charge in [-0.1, -0.05) is 42.5 Å². The summed E-state index contributed by atoms with van der Waals surface area (Å²) in [6.45, 7) is 2.84. The summed E-state index contributed by atoms with van der Waals surface area (Å²) < 4.78 is 31.8. The van der Waals surface area contributed by atoms with Crippen LogP contribution in [0.1, 0.15) is 16.7 Å². The molecule has 1 N–H and O–H groups in total. The lowest BCUT2D eigenvalue weighted by atomic mass is 10.2. The van der Waals surface area contributed by atoms with E-state index in [9.17, 15) is 18.0 Å². The highest BCUT2D eigenvalue weighted by molar-refractivity contribution is 7.89. The van der Waals surface area contributed by atoms with E-state index >= 15 is 0 Å². The lowest BCUT2D eigenvalue weighted by Gasteiger charge is -2.17. The van der Waals surface area contributed by atoms with Gasteiger partial charge in [0.1, 0.15) is 6.54 Å². The molecule has 0 saturated carbocycles. The molecular weight excluding hydrogens is 380 g/mol. The second-order valence-corrected chi connectivity index (χ2v) is 8.22. The molecule has 0 fully saturated rings. The van der Waals surface area contributed by atoms with Gasteiger partial charge in [0, 0.05) is 13.6 Å². The molecule has 2 aromatic rings. The van der Waals surface area contributed by atoms with E-state index in [0.717, 1.165) is 11.1 Å². The van der Waals surface area contributed by atoms with Crippen LogP contribution in [0.5, 0.6) is 0 Å². The van der Waals surface area contributed by atoms with Crippen molar-refractivity contribution in [2.75, 3.05) is 20.2 Å². The van der Waals surface area contributed by atoms with Gasteiger partial charge in [-0.3, -0.25) is 9.59 Å². The molecule has 1 amide bonds. The summed E-state index contributed by atoms with van der Waals surface area (Å²) in [5, 5.41) is 0. The first-order valence-electron chi connectivity index (χ1n) is 8.69. The zero-order chi connectivity index (χ0) is 20.7. The number of aryl methyl sites for hydroxylation is 2. The number of esters is 1. The van der Waals surface area contributed by atoms with Crippen molar-refractivity contribution >= 4 is 21.9 Å². The van der Waals surface area contributed by atoms with Crippen LogP contribution in [0.4, 0.5) is 0 Å². The van der Waals surface area contributed by atoms with Gasteiger partial charge >= 0.3 is 5.97 Å². The predicted octanol–water partition coefficient (Wildman–Crippen LogP) is 1.78. The Kier molecular flexibility index (Phi) is 7.31. The molecule has 0 aliphatic heterocycles. The van der Waals surface area contributed by atoms with Crippen molar-refractivity contribution in [2.45, 2.75) is 25.3 Å². The lowest BCUT2D eigenvalue weighted by Crippen LogP contribution is -2.34. The maximum absolute atomic E-state index is 12.4. The average molecular weight is 404 g/mol. The fourth-order valence-corrected chi connectivity index (χ4v) is 3.77. The number of ether oxygens (including phenoxy) is 1. The van der Waals surface area contributed by atoms with E-state index in [1.807, 2.05) is 30.3 Å². The number of hydrogen-bond donors (Lipinski definition) is 1. The predicted molar refractivity (Wildman–Crippen MR) is 105 cm³/mol. The quantitative estimate of drug-likeness (QED) is 0.677. The van der Waals surface area contributed by atoms with E-state index < -0.39 is 29.1 Å². The fourth-order valence-electron chi connectivity index (χ4n) is 2.48. The standard InChI is InChI=1S/C20H24N2O5S/c1-15-9-10-16(2)18(11-15)28(25,26)21-12-20(24)27-14-19(23)22(3)13-17-7-5-4-6-8-17/h4-11,21H,12-14H2,1-3H3. The van der Waals surface area contributed by atoms with E-state index in [0.29, 0.717) is 12.1 Å². The van der Waals surface area contributed by atoms with Crippen LogP contribution in [-0.4, -0.2) is 45.4 Å². The number of nitrogens with zero attached hydrogens (tertiary/aromatic N) is 1. The molecule has 8 heteroatoms. The number of nitrogens with one attached hydrogen (secondary N) is 1. The highest BCUT2D eigenvalue weighted by atomic mass is 32.2. The average Bonchev–Trinajstić information content (AvgIpc) is 2.67. The number of rotatable bonds is 8. The number of carbonyl (C=O) groups is 2. The van der Waals surface area contributed by atoms with Crippen LogP contribution in [0.25, 0.3) is 0 Å². The van der Waals surface area contributed by atoms with Crippen molar-refractivity contribution in [3.63, 3.8) is 0 Å². The molecule has 0 radical (unpaired) electrons. The molecule has 0 aliphatic rings. The van der Waals surface area contributed by atoms with Gasteiger partial charge in [-0.05, 0) is 36.6 Å². The molecule has 0 unspecified atom stereocenters. The van der Waals surface area contributed by atoms with Crippen molar-refractivity contribution < 1.29 is 22.7 Å². The van der Waals surface area contributed by atoms with E-state index in [1.54, 1.807) is 33.0 Å². The molecule has 0 aliphatic carbocycles. The van der Waals surface area contributed by atoms with Crippen LogP contribution < -0.4 is 4.72 Å². The summed E-state index contributed by atoms with van der Waals surface area (Å²) in [6.07, 6.45) is 0. The SMILES string of the molecule is Cc1ccc(C)c(S(=O)(=O)NCC(=O)OCC(=O)N(C)Cc2ccccc2)c1. The highest BCUT2D eigenvalue weighted by Crippen LogP contribution is 2.16. The Hall–Kier alpha value is -2.71. The van der Waals surface area contributed by atoms with Crippen molar-refractivity contribution in [3.05, 3.63) is 65.2 Å². The third-order valence-electron chi connectivity index (χ3n) is 4.08. The Morgan fingerprint density at radius 3 is 2.43 bits per heavy atom. The van der Waals surface area contributed by atoms with E-state index in [-0.39, 0.29) is 10.8 Å². The topological polar surface area (TPSA) is 92.8 Å². The van der Waals surface area contributed by atoms with Crippen LogP contribution in [0.3, 0.4) is 0 Å². The van der Waals surface area contributed by atoms with Crippen molar-refractivity contribution in [3.8, 4) is 0 Å². The van der Waals surface area contributed by atoms with Gasteiger partial charge in [-0.2, -0.15) is 4.72 Å². The third kappa shape index (κ3) is 6.17. The van der Waals surface area contributed by atoms with Crippen LogP contribution in [-0.2, 0) is 30.9 Å². The number of carbonyl (C=O) groups excluding carboxylic acids is 2. The molecule has 2 rings (SSSR count). The van der Waals surface area contributed by atoms with Gasteiger partial charge in [-0.15, -0.1) is 0 Å². The van der Waals surface area contributed by atoms with Crippen LogP contribution >= 0.6 is 0 Å². The van der Waals surface area contributed by atoms with Gasteiger partial charge in [0.2, 0.25) is 10.0 Å². The van der Waals surface area contributed by atoms with Gasteiger partial charge < -0.3 is 9.64 Å².